The SMILES string of the molecule is O=C(/C=C/COC/C=C/C(=O)c1ccccc1)c1ccccc1. The molecule has 2 aromatic rings. The molecule has 0 saturated heterocycles. The Bertz CT molecular complexity index is 624. The van der Waals surface area contributed by atoms with Gasteiger partial charge in [0.15, 0.2) is 11.6 Å². The van der Waals surface area contributed by atoms with Crippen LogP contribution >= 0.6 is 0 Å². The number of allylic oxidation sites excluding steroid dienone is 2. The number of ketones is 2. The van der Waals surface area contributed by atoms with Crippen molar-refractivity contribution in [2.24, 2.45) is 0 Å². The lowest BCUT2D eigenvalue weighted by Crippen LogP contribution is -1.97. The Morgan fingerprint density at radius 2 is 1.09 bits per heavy atom. The van der Waals surface area contributed by atoms with Crippen LogP contribution in [-0.2, 0) is 4.74 Å². The zero-order chi connectivity index (χ0) is 16.3. The first kappa shape index (κ1) is 16.6. The number of carbonyl (C=O) groups is 2. The third kappa shape index (κ3) is 5.85. The number of rotatable bonds is 8. The normalized spacial score (nSPS) is 11.1. The van der Waals surface area contributed by atoms with Crippen LogP contribution in [0.3, 0.4) is 0 Å². The Morgan fingerprint density at radius 1 is 0.696 bits per heavy atom. The summed E-state index contributed by atoms with van der Waals surface area (Å²) < 4.78 is 5.33. The van der Waals surface area contributed by atoms with Crippen molar-refractivity contribution in [3.8, 4) is 0 Å². The number of carbonyl (C=O) groups excluding carboxylic acids is 2. The molecule has 0 bridgehead atoms. The van der Waals surface area contributed by atoms with Crippen molar-refractivity contribution in [3.05, 3.63) is 96.1 Å². The molecule has 0 amide bonds. The van der Waals surface area contributed by atoms with Gasteiger partial charge in [0, 0.05) is 11.1 Å². The van der Waals surface area contributed by atoms with Crippen molar-refractivity contribution >= 4 is 11.6 Å². The van der Waals surface area contributed by atoms with Gasteiger partial charge < -0.3 is 4.74 Å². The molecule has 2 rings (SSSR count). The molecule has 0 aliphatic heterocycles. The van der Waals surface area contributed by atoms with Crippen LogP contribution in [-0.4, -0.2) is 24.8 Å². The van der Waals surface area contributed by atoms with Crippen LogP contribution in [0.1, 0.15) is 20.7 Å². The molecule has 23 heavy (non-hydrogen) atoms. The van der Waals surface area contributed by atoms with Crippen molar-refractivity contribution in [2.75, 3.05) is 13.2 Å². The minimum Gasteiger partial charge on any atom is -0.373 e. The molecule has 0 aliphatic carbocycles. The van der Waals surface area contributed by atoms with Gasteiger partial charge in [-0.05, 0) is 12.2 Å². The monoisotopic (exact) mass is 306 g/mol. The van der Waals surface area contributed by atoms with Crippen LogP contribution in [0.5, 0.6) is 0 Å². The maximum Gasteiger partial charge on any atom is 0.185 e. The first-order chi connectivity index (χ1) is 11.3. The highest BCUT2D eigenvalue weighted by Gasteiger charge is 1.99. The van der Waals surface area contributed by atoms with E-state index in [0.717, 1.165) is 0 Å². The molecule has 0 fully saturated rings. The summed E-state index contributed by atoms with van der Waals surface area (Å²) >= 11 is 0. The molecular formula is C20H18O3. The van der Waals surface area contributed by atoms with Gasteiger partial charge in [0.1, 0.15) is 0 Å². The van der Waals surface area contributed by atoms with E-state index in [0.29, 0.717) is 24.3 Å². The Balaban J connectivity index is 1.68. The van der Waals surface area contributed by atoms with Gasteiger partial charge in [-0.15, -0.1) is 0 Å². The summed E-state index contributed by atoms with van der Waals surface area (Å²) in [5.74, 6) is -0.104. The van der Waals surface area contributed by atoms with E-state index in [1.807, 2.05) is 36.4 Å². The maximum atomic E-state index is 11.8. The molecule has 3 heteroatoms. The fourth-order valence-corrected chi connectivity index (χ4v) is 1.91. The second-order valence-corrected chi connectivity index (χ2v) is 4.80. The van der Waals surface area contributed by atoms with Gasteiger partial charge in [0.25, 0.3) is 0 Å². The summed E-state index contributed by atoms with van der Waals surface area (Å²) in [4.78, 5) is 23.6. The molecule has 0 saturated carbocycles. The van der Waals surface area contributed by atoms with E-state index in [1.165, 1.54) is 12.2 Å². The van der Waals surface area contributed by atoms with Gasteiger partial charge in [0.2, 0.25) is 0 Å². The third-order valence-corrected chi connectivity index (χ3v) is 3.08. The molecule has 0 aromatic heterocycles. The summed E-state index contributed by atoms with van der Waals surface area (Å²) in [6.45, 7) is 0.644. The molecular weight excluding hydrogens is 288 g/mol. The van der Waals surface area contributed by atoms with Crippen molar-refractivity contribution in [1.82, 2.24) is 0 Å². The lowest BCUT2D eigenvalue weighted by molar-refractivity contribution is 0.103. The highest BCUT2D eigenvalue weighted by molar-refractivity contribution is 6.04. The second kappa shape index (κ2) is 9.28. The highest BCUT2D eigenvalue weighted by Crippen LogP contribution is 2.01. The van der Waals surface area contributed by atoms with E-state index in [4.69, 9.17) is 4.74 Å². The average Bonchev–Trinajstić information content (AvgIpc) is 2.62. The van der Waals surface area contributed by atoms with Gasteiger partial charge in [-0.1, -0.05) is 72.8 Å². The summed E-state index contributed by atoms with van der Waals surface area (Å²) in [7, 11) is 0. The van der Waals surface area contributed by atoms with E-state index in [-0.39, 0.29) is 11.6 Å². The van der Waals surface area contributed by atoms with Crippen LogP contribution in [0.2, 0.25) is 0 Å². The van der Waals surface area contributed by atoms with E-state index in [9.17, 15) is 9.59 Å². The number of ether oxygens (including phenoxy) is 1. The molecule has 2 aromatic carbocycles. The highest BCUT2D eigenvalue weighted by atomic mass is 16.5. The van der Waals surface area contributed by atoms with Gasteiger partial charge in [-0.2, -0.15) is 0 Å². The van der Waals surface area contributed by atoms with E-state index in [2.05, 4.69) is 0 Å². The Morgan fingerprint density at radius 3 is 1.48 bits per heavy atom. The summed E-state index contributed by atoms with van der Waals surface area (Å²) in [6, 6.07) is 18.1. The lowest BCUT2D eigenvalue weighted by atomic mass is 10.1. The van der Waals surface area contributed by atoms with Crippen LogP contribution in [0, 0.1) is 0 Å². The van der Waals surface area contributed by atoms with Crippen molar-refractivity contribution in [2.45, 2.75) is 0 Å². The first-order valence-corrected chi connectivity index (χ1v) is 7.37. The summed E-state index contributed by atoms with van der Waals surface area (Å²) in [6.07, 6.45) is 6.33. The summed E-state index contributed by atoms with van der Waals surface area (Å²) in [5.41, 5.74) is 1.30. The van der Waals surface area contributed by atoms with E-state index >= 15 is 0 Å². The van der Waals surface area contributed by atoms with Crippen molar-refractivity contribution in [3.63, 3.8) is 0 Å². The fraction of sp³-hybridized carbons (Fsp3) is 0.100. The molecule has 116 valence electrons. The minimum atomic E-state index is -0.0519. The van der Waals surface area contributed by atoms with Crippen molar-refractivity contribution < 1.29 is 14.3 Å². The molecule has 0 unspecified atom stereocenters. The number of hydrogen-bond acceptors (Lipinski definition) is 3. The Hall–Kier alpha value is -2.78. The predicted molar refractivity (Wildman–Crippen MR) is 90.6 cm³/mol. The largest absolute Gasteiger partial charge is 0.373 e. The second-order valence-electron chi connectivity index (χ2n) is 4.80. The zero-order valence-electron chi connectivity index (χ0n) is 12.7. The van der Waals surface area contributed by atoms with Crippen LogP contribution < -0.4 is 0 Å². The third-order valence-electron chi connectivity index (χ3n) is 3.08. The lowest BCUT2D eigenvalue weighted by Gasteiger charge is -1.97. The van der Waals surface area contributed by atoms with Gasteiger partial charge in [-0.3, -0.25) is 9.59 Å². The molecule has 0 spiro atoms. The van der Waals surface area contributed by atoms with Crippen LogP contribution in [0.25, 0.3) is 0 Å². The first-order valence-electron chi connectivity index (χ1n) is 7.37. The van der Waals surface area contributed by atoms with Crippen LogP contribution in [0.15, 0.2) is 85.0 Å². The molecule has 0 aliphatic rings. The maximum absolute atomic E-state index is 11.8. The summed E-state index contributed by atoms with van der Waals surface area (Å²) in [5, 5.41) is 0. The average molecular weight is 306 g/mol. The quantitative estimate of drug-likeness (QED) is 0.422. The molecule has 0 N–H and O–H groups in total. The number of benzene rings is 2. The molecule has 0 radical (unpaired) electrons. The topological polar surface area (TPSA) is 43.4 Å². The standard InChI is InChI=1S/C20H18O3/c21-19(17-9-3-1-4-10-17)13-7-15-23-16-8-14-20(22)18-11-5-2-6-12-18/h1-14H,15-16H2/b13-7+,14-8+. The molecule has 0 heterocycles. The number of hydrogen-bond donors (Lipinski definition) is 0. The zero-order valence-corrected chi connectivity index (χ0v) is 12.7. The van der Waals surface area contributed by atoms with Gasteiger partial charge in [-0.25, -0.2) is 0 Å². The smallest absolute Gasteiger partial charge is 0.185 e. The molecule has 3 nitrogen and oxygen atoms in total. The van der Waals surface area contributed by atoms with E-state index in [1.54, 1.807) is 36.4 Å². The van der Waals surface area contributed by atoms with Gasteiger partial charge in [0.05, 0.1) is 13.2 Å². The minimum absolute atomic E-state index is 0.0519. The van der Waals surface area contributed by atoms with Crippen LogP contribution in [0.4, 0.5) is 0 Å². The Kier molecular flexibility index (Phi) is 6.69. The van der Waals surface area contributed by atoms with Gasteiger partial charge >= 0.3 is 0 Å². The predicted octanol–water partition coefficient (Wildman–Crippen LogP) is 3.88. The van der Waals surface area contributed by atoms with E-state index < -0.39 is 0 Å². The van der Waals surface area contributed by atoms with Crippen molar-refractivity contribution in [1.29, 1.82) is 0 Å². The Labute approximate surface area is 135 Å². The fourth-order valence-electron chi connectivity index (χ4n) is 1.91. The molecule has 0 atom stereocenters.